The molecule has 0 bridgehead atoms. The molecule has 5 nitrogen and oxygen atoms in total. The van der Waals surface area contributed by atoms with E-state index in [1.807, 2.05) is 31.2 Å². The average molecular weight is 254 g/mol. The highest BCUT2D eigenvalue weighted by atomic mass is 16.1. The lowest BCUT2D eigenvalue weighted by Gasteiger charge is -2.02. The zero-order valence-corrected chi connectivity index (χ0v) is 10.6. The van der Waals surface area contributed by atoms with Gasteiger partial charge in [-0.2, -0.15) is 0 Å². The number of hydrogen-bond acceptors (Lipinski definition) is 3. The number of imidazole rings is 1. The summed E-state index contributed by atoms with van der Waals surface area (Å²) in [6.45, 7) is 2.56. The number of nitrogens with two attached hydrogens (primary N) is 1. The minimum absolute atomic E-state index is 0.0824. The molecule has 0 aliphatic rings. The summed E-state index contributed by atoms with van der Waals surface area (Å²) in [6.07, 6.45) is 1.69. The van der Waals surface area contributed by atoms with E-state index < -0.39 is 0 Å². The lowest BCUT2D eigenvalue weighted by Crippen LogP contribution is -2.22. The van der Waals surface area contributed by atoms with Crippen molar-refractivity contribution in [2.24, 2.45) is 0 Å². The summed E-state index contributed by atoms with van der Waals surface area (Å²) >= 11 is 0. The van der Waals surface area contributed by atoms with Crippen molar-refractivity contribution in [1.29, 1.82) is 0 Å². The minimum atomic E-state index is -0.0824. The summed E-state index contributed by atoms with van der Waals surface area (Å²) in [6, 6.07) is 10.9. The number of fused-ring (bicyclic) bond motifs is 1. The molecule has 0 aliphatic carbocycles. The van der Waals surface area contributed by atoms with Crippen LogP contribution in [-0.4, -0.2) is 14.1 Å². The molecular formula is C14H14N4O. The lowest BCUT2D eigenvalue weighted by atomic mass is 10.3. The van der Waals surface area contributed by atoms with Gasteiger partial charge in [0.05, 0.1) is 11.2 Å². The number of anilines is 1. The Kier molecular flexibility index (Phi) is 2.59. The van der Waals surface area contributed by atoms with Gasteiger partial charge in [-0.25, -0.2) is 14.3 Å². The molecule has 0 atom stereocenters. The zero-order valence-electron chi connectivity index (χ0n) is 10.6. The van der Waals surface area contributed by atoms with Crippen LogP contribution in [0.25, 0.3) is 16.9 Å². The van der Waals surface area contributed by atoms with Gasteiger partial charge in [0, 0.05) is 18.4 Å². The topological polar surface area (TPSA) is 65.8 Å². The maximum atomic E-state index is 12.5. The molecule has 1 aromatic carbocycles. The van der Waals surface area contributed by atoms with Crippen molar-refractivity contribution in [2.45, 2.75) is 13.5 Å². The Morgan fingerprint density at radius 1 is 1.21 bits per heavy atom. The van der Waals surface area contributed by atoms with E-state index in [1.54, 1.807) is 27.5 Å². The normalized spacial score (nSPS) is 11.0. The molecule has 0 unspecified atom stereocenters. The molecule has 0 saturated carbocycles. The van der Waals surface area contributed by atoms with Gasteiger partial charge in [0.1, 0.15) is 0 Å². The summed E-state index contributed by atoms with van der Waals surface area (Å²) < 4.78 is 3.32. The number of rotatable bonds is 2. The van der Waals surface area contributed by atoms with E-state index in [4.69, 9.17) is 5.73 Å². The second-order valence-corrected chi connectivity index (χ2v) is 4.30. The van der Waals surface area contributed by atoms with E-state index in [2.05, 4.69) is 4.98 Å². The fraction of sp³-hybridized carbons (Fsp3) is 0.143. The van der Waals surface area contributed by atoms with Gasteiger partial charge in [-0.15, -0.1) is 0 Å². The Bertz CT molecular complexity index is 783. The first-order valence-electron chi connectivity index (χ1n) is 6.14. The molecule has 0 spiro atoms. The zero-order chi connectivity index (χ0) is 13.4. The average Bonchev–Trinajstić information content (AvgIpc) is 2.71. The van der Waals surface area contributed by atoms with E-state index in [0.29, 0.717) is 17.9 Å². The number of hydrogen-bond donors (Lipinski definition) is 1. The van der Waals surface area contributed by atoms with E-state index in [-0.39, 0.29) is 5.69 Å². The van der Waals surface area contributed by atoms with Gasteiger partial charge >= 0.3 is 5.69 Å². The van der Waals surface area contributed by atoms with Crippen LogP contribution in [0.3, 0.4) is 0 Å². The third kappa shape index (κ3) is 1.71. The Balaban J connectivity index is 2.38. The minimum Gasteiger partial charge on any atom is -0.399 e. The maximum absolute atomic E-state index is 12.5. The largest absolute Gasteiger partial charge is 0.399 e. The van der Waals surface area contributed by atoms with Crippen LogP contribution in [0, 0.1) is 0 Å². The first-order chi connectivity index (χ1) is 9.22. The Hall–Kier alpha value is -2.56. The Morgan fingerprint density at radius 2 is 1.95 bits per heavy atom. The maximum Gasteiger partial charge on any atom is 0.334 e. The van der Waals surface area contributed by atoms with E-state index >= 15 is 0 Å². The number of nitrogens with zero attached hydrogens (tertiary/aromatic N) is 3. The summed E-state index contributed by atoms with van der Waals surface area (Å²) in [7, 11) is 0. The van der Waals surface area contributed by atoms with Gasteiger partial charge in [0.2, 0.25) is 0 Å². The van der Waals surface area contributed by atoms with Crippen molar-refractivity contribution in [2.75, 3.05) is 5.73 Å². The number of aromatic nitrogens is 3. The van der Waals surface area contributed by atoms with Crippen LogP contribution in [0.4, 0.5) is 5.69 Å². The van der Waals surface area contributed by atoms with Crippen molar-refractivity contribution in [3.8, 4) is 5.69 Å². The Labute approximate surface area is 109 Å². The summed E-state index contributed by atoms with van der Waals surface area (Å²) in [5, 5.41) is 0. The van der Waals surface area contributed by atoms with Crippen LogP contribution < -0.4 is 11.4 Å². The molecule has 2 heterocycles. The van der Waals surface area contributed by atoms with Gasteiger partial charge in [0.15, 0.2) is 5.65 Å². The van der Waals surface area contributed by atoms with Crippen molar-refractivity contribution in [3.63, 3.8) is 0 Å². The Morgan fingerprint density at radius 3 is 2.63 bits per heavy atom. The van der Waals surface area contributed by atoms with E-state index in [1.165, 1.54) is 0 Å². The molecular weight excluding hydrogens is 240 g/mol. The number of benzene rings is 1. The number of nitrogen functional groups attached to an aromatic ring is 1. The van der Waals surface area contributed by atoms with Crippen LogP contribution in [0.5, 0.6) is 0 Å². The van der Waals surface area contributed by atoms with Gasteiger partial charge in [-0.1, -0.05) is 0 Å². The van der Waals surface area contributed by atoms with Gasteiger partial charge in [-0.3, -0.25) is 4.57 Å². The molecule has 96 valence electrons. The predicted molar refractivity (Wildman–Crippen MR) is 75.4 cm³/mol. The SMILES string of the molecule is CCn1c(=O)n(-c2ccc(N)cc2)c2ncccc21. The van der Waals surface area contributed by atoms with E-state index in [9.17, 15) is 4.79 Å². The van der Waals surface area contributed by atoms with Crippen LogP contribution in [0.1, 0.15) is 6.92 Å². The van der Waals surface area contributed by atoms with Crippen LogP contribution in [-0.2, 0) is 6.54 Å². The lowest BCUT2D eigenvalue weighted by molar-refractivity contribution is 0.734. The van der Waals surface area contributed by atoms with Crippen molar-refractivity contribution in [3.05, 3.63) is 53.1 Å². The highest BCUT2D eigenvalue weighted by molar-refractivity contribution is 5.73. The van der Waals surface area contributed by atoms with Crippen LogP contribution >= 0.6 is 0 Å². The monoisotopic (exact) mass is 254 g/mol. The molecule has 19 heavy (non-hydrogen) atoms. The van der Waals surface area contributed by atoms with Crippen LogP contribution in [0.2, 0.25) is 0 Å². The van der Waals surface area contributed by atoms with Crippen molar-refractivity contribution >= 4 is 16.9 Å². The fourth-order valence-electron chi connectivity index (χ4n) is 2.25. The molecule has 3 rings (SSSR count). The van der Waals surface area contributed by atoms with Crippen molar-refractivity contribution < 1.29 is 0 Å². The molecule has 2 N–H and O–H groups in total. The highest BCUT2D eigenvalue weighted by Gasteiger charge is 2.13. The second-order valence-electron chi connectivity index (χ2n) is 4.30. The summed E-state index contributed by atoms with van der Waals surface area (Å²) in [4.78, 5) is 16.8. The highest BCUT2D eigenvalue weighted by Crippen LogP contribution is 2.16. The molecule has 2 aromatic heterocycles. The molecule has 0 aliphatic heterocycles. The third-order valence-electron chi connectivity index (χ3n) is 3.16. The molecule has 0 radical (unpaired) electrons. The molecule has 0 saturated heterocycles. The van der Waals surface area contributed by atoms with Gasteiger partial charge in [-0.05, 0) is 43.3 Å². The van der Waals surface area contributed by atoms with Gasteiger partial charge < -0.3 is 5.73 Å². The van der Waals surface area contributed by atoms with Crippen LogP contribution in [0.15, 0.2) is 47.4 Å². The molecule has 0 fully saturated rings. The quantitative estimate of drug-likeness (QED) is 0.709. The summed E-state index contributed by atoms with van der Waals surface area (Å²) in [5.41, 5.74) is 8.55. The first-order valence-corrected chi connectivity index (χ1v) is 6.14. The molecule has 3 aromatic rings. The smallest absolute Gasteiger partial charge is 0.334 e. The molecule has 5 heteroatoms. The summed E-state index contributed by atoms with van der Waals surface area (Å²) in [5.74, 6) is 0. The standard InChI is InChI=1S/C14H14N4O/c1-2-17-12-4-3-9-16-13(12)18(14(17)19)11-7-5-10(15)6-8-11/h3-9H,2,15H2,1H3. The predicted octanol–water partition coefficient (Wildman–Crippen LogP) is 1.79. The molecule has 0 amide bonds. The third-order valence-corrected chi connectivity index (χ3v) is 3.16. The van der Waals surface area contributed by atoms with Gasteiger partial charge in [0.25, 0.3) is 0 Å². The first kappa shape index (κ1) is 11.5. The fourth-order valence-corrected chi connectivity index (χ4v) is 2.25. The van der Waals surface area contributed by atoms with E-state index in [0.717, 1.165) is 11.2 Å². The number of pyridine rings is 1. The second kappa shape index (κ2) is 4.28. The number of aryl methyl sites for hydroxylation is 1. The van der Waals surface area contributed by atoms with Crippen molar-refractivity contribution in [1.82, 2.24) is 14.1 Å².